The van der Waals surface area contributed by atoms with Crippen LogP contribution in [0.5, 0.6) is 0 Å². The van der Waals surface area contributed by atoms with Gasteiger partial charge in [-0.15, -0.1) is 0 Å². The van der Waals surface area contributed by atoms with Gasteiger partial charge < -0.3 is 14.5 Å². The summed E-state index contributed by atoms with van der Waals surface area (Å²) < 4.78 is 5.68. The van der Waals surface area contributed by atoms with Gasteiger partial charge >= 0.3 is 0 Å². The first-order chi connectivity index (χ1) is 20.0. The molecule has 3 aromatic rings. The molecule has 6 heteroatoms. The Morgan fingerprint density at radius 2 is 1.63 bits per heavy atom. The average molecular weight is 555 g/mol. The zero-order chi connectivity index (χ0) is 28.2. The van der Waals surface area contributed by atoms with Crippen LogP contribution >= 0.6 is 0 Å². The number of aryl methyl sites for hydroxylation is 1. The Balaban J connectivity index is 1.07. The molecule has 0 aromatic heterocycles. The Bertz CT molecular complexity index is 1330. The second kappa shape index (κ2) is 12.9. The number of fused-ring (bicyclic) bond motifs is 1. The van der Waals surface area contributed by atoms with Gasteiger partial charge in [0, 0.05) is 70.5 Å². The fourth-order valence-electron chi connectivity index (χ4n) is 7.25. The van der Waals surface area contributed by atoms with Crippen LogP contribution in [-0.4, -0.2) is 92.2 Å². The van der Waals surface area contributed by atoms with Gasteiger partial charge in [-0.25, -0.2) is 0 Å². The van der Waals surface area contributed by atoms with Crippen molar-refractivity contribution in [1.82, 2.24) is 14.7 Å². The topological polar surface area (TPSA) is 39.3 Å². The smallest absolute Gasteiger partial charge is 0.222 e. The van der Waals surface area contributed by atoms with E-state index >= 15 is 0 Å². The van der Waals surface area contributed by atoms with Crippen molar-refractivity contribution in [3.63, 3.8) is 0 Å². The normalized spacial score (nSPS) is 22.8. The summed E-state index contributed by atoms with van der Waals surface area (Å²) in [5.41, 5.74) is 5.38. The lowest BCUT2D eigenvalue weighted by Gasteiger charge is -2.45. The minimum absolute atomic E-state index is 0.331. The maximum Gasteiger partial charge on any atom is 0.222 e. The van der Waals surface area contributed by atoms with Gasteiger partial charge in [-0.05, 0) is 78.7 Å². The molecule has 2 atom stereocenters. The quantitative estimate of drug-likeness (QED) is 0.406. The summed E-state index contributed by atoms with van der Waals surface area (Å²) >= 11 is 0. The molecule has 3 aliphatic rings. The van der Waals surface area contributed by atoms with Gasteiger partial charge in [0.2, 0.25) is 5.91 Å². The molecule has 6 nitrogen and oxygen atoms in total. The van der Waals surface area contributed by atoms with Gasteiger partial charge in [0.25, 0.3) is 0 Å². The summed E-state index contributed by atoms with van der Waals surface area (Å²) in [5, 5.41) is 2.61. The van der Waals surface area contributed by atoms with Gasteiger partial charge in [-0.1, -0.05) is 48.5 Å². The van der Waals surface area contributed by atoms with Crippen molar-refractivity contribution >= 4 is 22.4 Å². The summed E-state index contributed by atoms with van der Waals surface area (Å²) in [4.78, 5) is 23.3. The van der Waals surface area contributed by atoms with Crippen LogP contribution in [-0.2, 0) is 16.1 Å². The first-order valence-electron chi connectivity index (χ1n) is 15.7. The largest absolute Gasteiger partial charge is 0.379 e. The number of hydrogen-bond donors (Lipinski definition) is 0. The molecule has 0 aliphatic carbocycles. The van der Waals surface area contributed by atoms with Crippen molar-refractivity contribution in [2.45, 2.75) is 45.7 Å². The number of rotatable bonds is 7. The Hall–Kier alpha value is -2.93. The van der Waals surface area contributed by atoms with Crippen molar-refractivity contribution in [2.24, 2.45) is 5.92 Å². The number of piperidine rings is 1. The highest BCUT2D eigenvalue weighted by Gasteiger charge is 2.34. The van der Waals surface area contributed by atoms with Gasteiger partial charge in [0.1, 0.15) is 0 Å². The van der Waals surface area contributed by atoms with Crippen molar-refractivity contribution < 1.29 is 9.53 Å². The molecular weight excluding hydrogens is 508 g/mol. The highest BCUT2D eigenvalue weighted by Crippen LogP contribution is 2.29. The number of morpholine rings is 1. The number of amides is 1. The van der Waals surface area contributed by atoms with E-state index in [1.807, 2.05) is 0 Å². The molecule has 0 radical (unpaired) electrons. The zero-order valence-corrected chi connectivity index (χ0v) is 24.9. The first-order valence-corrected chi connectivity index (χ1v) is 15.7. The summed E-state index contributed by atoms with van der Waals surface area (Å²) in [6.07, 6.45) is 2.78. The molecule has 1 amide bonds. The maximum atomic E-state index is 13.4. The van der Waals surface area contributed by atoms with Crippen LogP contribution in [0, 0.1) is 19.8 Å². The van der Waals surface area contributed by atoms with Crippen LogP contribution in [0.15, 0.2) is 60.7 Å². The van der Waals surface area contributed by atoms with E-state index < -0.39 is 0 Å². The zero-order valence-electron chi connectivity index (χ0n) is 24.9. The third-order valence-electron chi connectivity index (χ3n) is 9.79. The van der Waals surface area contributed by atoms with Gasteiger partial charge in [-0.2, -0.15) is 0 Å². The number of benzene rings is 3. The van der Waals surface area contributed by atoms with E-state index in [0.717, 1.165) is 78.5 Å². The minimum atomic E-state index is 0.331. The standard InChI is InChI=1S/C35H46N4O2/c1-27-6-5-9-33(28(27)2)37-16-18-39(19-17-37)35(40)13-12-32-26-36(15-14-34(32)38-20-22-41-23-21-38)25-29-10-11-30-7-3-4-8-31(30)24-29/h3-11,24,32,34H,12-23,25-26H2,1-2H3/t32-,34+/m0/s1. The van der Waals surface area contributed by atoms with E-state index in [4.69, 9.17) is 4.74 Å². The molecule has 3 aliphatic heterocycles. The fraction of sp³-hybridized carbons (Fsp3) is 0.514. The third-order valence-corrected chi connectivity index (χ3v) is 9.79. The van der Waals surface area contributed by atoms with E-state index in [-0.39, 0.29) is 0 Å². The lowest BCUT2D eigenvalue weighted by atomic mass is 9.86. The molecule has 3 aromatic carbocycles. The number of hydrogen-bond acceptors (Lipinski definition) is 5. The molecular formula is C35H46N4O2. The van der Waals surface area contributed by atoms with Crippen LogP contribution < -0.4 is 4.90 Å². The monoisotopic (exact) mass is 554 g/mol. The third kappa shape index (κ3) is 6.61. The number of nitrogens with zero attached hydrogens (tertiary/aromatic N) is 4. The van der Waals surface area contributed by atoms with Crippen LogP contribution in [0.4, 0.5) is 5.69 Å². The summed E-state index contributed by atoms with van der Waals surface area (Å²) in [5.74, 6) is 0.834. The predicted octanol–water partition coefficient (Wildman–Crippen LogP) is 5.11. The molecule has 0 N–H and O–H groups in total. The van der Waals surface area contributed by atoms with E-state index in [1.165, 1.54) is 39.6 Å². The predicted molar refractivity (Wildman–Crippen MR) is 167 cm³/mol. The number of anilines is 1. The molecule has 0 unspecified atom stereocenters. The van der Waals surface area contributed by atoms with Gasteiger partial charge in [-0.3, -0.25) is 14.6 Å². The second-order valence-corrected chi connectivity index (χ2v) is 12.3. The summed E-state index contributed by atoms with van der Waals surface area (Å²) in [6, 6.07) is 22.6. The number of carbonyl (C=O) groups excluding carboxylic acids is 1. The van der Waals surface area contributed by atoms with Crippen LogP contribution in [0.1, 0.15) is 36.0 Å². The highest BCUT2D eigenvalue weighted by atomic mass is 16.5. The van der Waals surface area contributed by atoms with E-state index in [1.54, 1.807) is 0 Å². The minimum Gasteiger partial charge on any atom is -0.379 e. The number of likely N-dealkylation sites (tertiary alicyclic amines) is 1. The van der Waals surface area contributed by atoms with Gasteiger partial charge in [0.05, 0.1) is 13.2 Å². The average Bonchev–Trinajstić information content (AvgIpc) is 3.02. The van der Waals surface area contributed by atoms with Gasteiger partial charge in [0.15, 0.2) is 0 Å². The number of carbonyl (C=O) groups is 1. The van der Waals surface area contributed by atoms with E-state index in [0.29, 0.717) is 24.3 Å². The van der Waals surface area contributed by atoms with E-state index in [9.17, 15) is 4.79 Å². The van der Waals surface area contributed by atoms with Crippen molar-refractivity contribution in [3.05, 3.63) is 77.4 Å². The van der Waals surface area contributed by atoms with Crippen molar-refractivity contribution in [2.75, 3.05) is 70.5 Å². The second-order valence-electron chi connectivity index (χ2n) is 12.3. The first kappa shape index (κ1) is 28.2. The highest BCUT2D eigenvalue weighted by molar-refractivity contribution is 5.83. The van der Waals surface area contributed by atoms with Crippen LogP contribution in [0.3, 0.4) is 0 Å². The maximum absolute atomic E-state index is 13.4. The Labute approximate surface area is 245 Å². The Morgan fingerprint density at radius 3 is 2.44 bits per heavy atom. The fourth-order valence-corrected chi connectivity index (χ4v) is 7.25. The summed E-state index contributed by atoms with van der Waals surface area (Å²) in [7, 11) is 0. The SMILES string of the molecule is Cc1cccc(N2CCN(C(=O)CC[C@H]3CN(Cc4ccc5ccccc5c4)CC[C@H]3N3CCOCC3)CC2)c1C. The van der Waals surface area contributed by atoms with Crippen molar-refractivity contribution in [1.29, 1.82) is 0 Å². The van der Waals surface area contributed by atoms with Crippen LogP contribution in [0.2, 0.25) is 0 Å². The molecule has 6 rings (SSSR count). The summed E-state index contributed by atoms with van der Waals surface area (Å²) in [6.45, 7) is 14.7. The molecule has 41 heavy (non-hydrogen) atoms. The molecule has 0 saturated carbocycles. The van der Waals surface area contributed by atoms with Crippen LogP contribution in [0.25, 0.3) is 10.8 Å². The lowest BCUT2D eigenvalue weighted by Crippen LogP contribution is -2.54. The van der Waals surface area contributed by atoms with Crippen molar-refractivity contribution in [3.8, 4) is 0 Å². The molecule has 0 bridgehead atoms. The molecule has 3 fully saturated rings. The van der Waals surface area contributed by atoms with E-state index in [2.05, 4.69) is 94.1 Å². The number of piperazine rings is 1. The molecule has 218 valence electrons. The Morgan fingerprint density at radius 1 is 0.854 bits per heavy atom. The Kier molecular flexibility index (Phi) is 8.90. The number of ether oxygens (including phenoxy) is 1. The molecule has 3 saturated heterocycles. The lowest BCUT2D eigenvalue weighted by molar-refractivity contribution is -0.132. The molecule has 3 heterocycles. The molecule has 0 spiro atoms.